The predicted octanol–water partition coefficient (Wildman–Crippen LogP) is 1.46. The zero-order valence-electron chi connectivity index (χ0n) is 8.94. The average Bonchev–Trinajstić information content (AvgIpc) is 2.25. The van der Waals surface area contributed by atoms with Gasteiger partial charge >= 0.3 is 0 Å². The standard InChI is InChI=1S/C11H13ClN2O2/c1-2-14(6-11(13)16)10-5-3-4-9(12)8(10)7-15/h3-5,7H,2,6H2,1H3,(H2,13,16). The lowest BCUT2D eigenvalue weighted by Gasteiger charge is -2.23. The summed E-state index contributed by atoms with van der Waals surface area (Å²) in [6.07, 6.45) is 0.682. The van der Waals surface area contributed by atoms with Gasteiger partial charge < -0.3 is 10.6 Å². The number of nitrogens with zero attached hydrogens (tertiary/aromatic N) is 1. The molecule has 0 fully saturated rings. The van der Waals surface area contributed by atoms with Gasteiger partial charge in [0, 0.05) is 12.2 Å². The Bertz CT molecular complexity index is 407. The van der Waals surface area contributed by atoms with E-state index >= 15 is 0 Å². The molecule has 0 saturated heterocycles. The van der Waals surface area contributed by atoms with Crippen molar-refractivity contribution in [3.8, 4) is 0 Å². The van der Waals surface area contributed by atoms with Crippen LogP contribution in [0.15, 0.2) is 18.2 Å². The van der Waals surface area contributed by atoms with E-state index in [1.165, 1.54) is 0 Å². The second kappa shape index (κ2) is 5.51. The Balaban J connectivity index is 3.13. The summed E-state index contributed by atoms with van der Waals surface area (Å²) >= 11 is 5.89. The molecule has 5 heteroatoms. The molecule has 0 saturated carbocycles. The van der Waals surface area contributed by atoms with Crippen molar-refractivity contribution in [3.05, 3.63) is 28.8 Å². The Morgan fingerprint density at radius 2 is 2.25 bits per heavy atom. The van der Waals surface area contributed by atoms with Crippen LogP contribution in [0, 0.1) is 0 Å². The SMILES string of the molecule is CCN(CC(N)=O)c1cccc(Cl)c1C=O. The van der Waals surface area contributed by atoms with Gasteiger partial charge in [-0.25, -0.2) is 0 Å². The average molecular weight is 241 g/mol. The zero-order chi connectivity index (χ0) is 12.1. The van der Waals surface area contributed by atoms with E-state index in [0.717, 1.165) is 0 Å². The number of nitrogens with two attached hydrogens (primary N) is 1. The summed E-state index contributed by atoms with van der Waals surface area (Å²) in [5, 5.41) is 0.371. The highest BCUT2D eigenvalue weighted by molar-refractivity contribution is 6.33. The molecule has 0 aliphatic rings. The van der Waals surface area contributed by atoms with Gasteiger partial charge in [-0.3, -0.25) is 9.59 Å². The number of carbonyl (C=O) groups is 2. The summed E-state index contributed by atoms with van der Waals surface area (Å²) in [4.78, 5) is 23.5. The lowest BCUT2D eigenvalue weighted by atomic mass is 10.1. The third kappa shape index (κ3) is 2.73. The number of hydrogen-bond donors (Lipinski definition) is 1. The maximum absolute atomic E-state index is 10.9. The van der Waals surface area contributed by atoms with E-state index in [1.54, 1.807) is 23.1 Å². The highest BCUT2D eigenvalue weighted by atomic mass is 35.5. The largest absolute Gasteiger partial charge is 0.368 e. The zero-order valence-corrected chi connectivity index (χ0v) is 9.70. The van der Waals surface area contributed by atoms with Gasteiger partial charge in [-0.1, -0.05) is 17.7 Å². The summed E-state index contributed by atoms with van der Waals surface area (Å²) in [6, 6.07) is 5.10. The monoisotopic (exact) mass is 240 g/mol. The third-order valence-electron chi connectivity index (χ3n) is 2.22. The number of primary amides is 1. The van der Waals surface area contributed by atoms with Crippen LogP contribution < -0.4 is 10.6 Å². The first-order valence-corrected chi connectivity index (χ1v) is 5.24. The number of rotatable bonds is 5. The summed E-state index contributed by atoms with van der Waals surface area (Å²) in [5.41, 5.74) is 6.14. The normalized spacial score (nSPS) is 9.88. The maximum Gasteiger partial charge on any atom is 0.236 e. The lowest BCUT2D eigenvalue weighted by molar-refractivity contribution is -0.116. The smallest absolute Gasteiger partial charge is 0.236 e. The fourth-order valence-corrected chi connectivity index (χ4v) is 1.69. The summed E-state index contributed by atoms with van der Waals surface area (Å²) < 4.78 is 0. The first kappa shape index (κ1) is 12.5. The van der Waals surface area contributed by atoms with Crippen LogP contribution in [0.1, 0.15) is 17.3 Å². The number of benzene rings is 1. The van der Waals surface area contributed by atoms with E-state index in [0.29, 0.717) is 29.1 Å². The third-order valence-corrected chi connectivity index (χ3v) is 2.55. The molecule has 0 radical (unpaired) electrons. The summed E-state index contributed by atoms with van der Waals surface area (Å²) in [7, 11) is 0. The van der Waals surface area contributed by atoms with Gasteiger partial charge in [0.25, 0.3) is 0 Å². The molecule has 0 unspecified atom stereocenters. The molecule has 2 N–H and O–H groups in total. The van der Waals surface area contributed by atoms with Gasteiger partial charge in [0.05, 0.1) is 17.1 Å². The van der Waals surface area contributed by atoms with Crippen molar-refractivity contribution < 1.29 is 9.59 Å². The number of anilines is 1. The minimum Gasteiger partial charge on any atom is -0.368 e. The van der Waals surface area contributed by atoms with Crippen LogP contribution in [0.2, 0.25) is 5.02 Å². The molecule has 0 spiro atoms. The molecule has 1 aromatic carbocycles. The van der Waals surface area contributed by atoms with Crippen LogP contribution in [0.25, 0.3) is 0 Å². The molecule has 0 bridgehead atoms. The molecule has 86 valence electrons. The quantitative estimate of drug-likeness (QED) is 0.793. The van der Waals surface area contributed by atoms with Crippen LogP contribution in [-0.2, 0) is 4.79 Å². The van der Waals surface area contributed by atoms with Crippen molar-refractivity contribution >= 4 is 29.5 Å². The Labute approximate surface area is 99.0 Å². The van der Waals surface area contributed by atoms with Gasteiger partial charge in [0.1, 0.15) is 0 Å². The van der Waals surface area contributed by atoms with Crippen molar-refractivity contribution in [1.82, 2.24) is 0 Å². The first-order chi connectivity index (χ1) is 7.60. The summed E-state index contributed by atoms with van der Waals surface area (Å²) in [6.45, 7) is 2.51. The van der Waals surface area contributed by atoms with Crippen molar-refractivity contribution in [2.24, 2.45) is 5.73 Å². The van der Waals surface area contributed by atoms with E-state index in [1.807, 2.05) is 6.92 Å². The summed E-state index contributed by atoms with van der Waals surface area (Å²) in [5.74, 6) is -0.446. The fourth-order valence-electron chi connectivity index (χ4n) is 1.47. The van der Waals surface area contributed by atoms with Crippen LogP contribution >= 0.6 is 11.6 Å². The molecule has 0 aliphatic carbocycles. The van der Waals surface area contributed by atoms with Gasteiger partial charge in [0.2, 0.25) is 5.91 Å². The molecule has 1 aromatic rings. The number of carbonyl (C=O) groups excluding carboxylic acids is 2. The predicted molar refractivity (Wildman–Crippen MR) is 63.9 cm³/mol. The van der Waals surface area contributed by atoms with Gasteiger partial charge in [-0.05, 0) is 19.1 Å². The minimum absolute atomic E-state index is 0.0671. The van der Waals surface area contributed by atoms with E-state index in [4.69, 9.17) is 17.3 Å². The first-order valence-electron chi connectivity index (χ1n) is 4.87. The molecule has 0 aromatic heterocycles. The fraction of sp³-hybridized carbons (Fsp3) is 0.273. The highest BCUT2D eigenvalue weighted by Gasteiger charge is 2.13. The van der Waals surface area contributed by atoms with E-state index in [-0.39, 0.29) is 6.54 Å². The van der Waals surface area contributed by atoms with E-state index < -0.39 is 5.91 Å². The van der Waals surface area contributed by atoms with E-state index in [2.05, 4.69) is 0 Å². The molecule has 0 aliphatic heterocycles. The lowest BCUT2D eigenvalue weighted by Crippen LogP contribution is -2.34. The van der Waals surface area contributed by atoms with E-state index in [9.17, 15) is 9.59 Å². The number of aldehydes is 1. The molecule has 1 rings (SSSR count). The molecule has 1 amide bonds. The van der Waals surface area contributed by atoms with Gasteiger partial charge in [-0.2, -0.15) is 0 Å². The minimum atomic E-state index is -0.446. The topological polar surface area (TPSA) is 63.4 Å². The molecular weight excluding hydrogens is 228 g/mol. The van der Waals surface area contributed by atoms with Crippen LogP contribution in [0.3, 0.4) is 0 Å². The van der Waals surface area contributed by atoms with Crippen LogP contribution in [-0.4, -0.2) is 25.3 Å². The number of likely N-dealkylation sites (N-methyl/N-ethyl adjacent to an activating group) is 1. The van der Waals surface area contributed by atoms with Crippen molar-refractivity contribution in [1.29, 1.82) is 0 Å². The number of hydrogen-bond acceptors (Lipinski definition) is 3. The van der Waals surface area contributed by atoms with Crippen molar-refractivity contribution in [3.63, 3.8) is 0 Å². The molecule has 4 nitrogen and oxygen atoms in total. The van der Waals surface area contributed by atoms with Gasteiger partial charge in [-0.15, -0.1) is 0 Å². The second-order valence-corrected chi connectivity index (χ2v) is 3.68. The van der Waals surface area contributed by atoms with Crippen molar-refractivity contribution in [2.75, 3.05) is 18.0 Å². The Morgan fingerprint density at radius 1 is 1.56 bits per heavy atom. The maximum atomic E-state index is 10.9. The highest BCUT2D eigenvalue weighted by Crippen LogP contribution is 2.25. The molecular formula is C11H13ClN2O2. The Hall–Kier alpha value is -1.55. The van der Waals surface area contributed by atoms with Crippen molar-refractivity contribution in [2.45, 2.75) is 6.92 Å². The number of amides is 1. The van der Waals surface area contributed by atoms with Gasteiger partial charge in [0.15, 0.2) is 6.29 Å². The number of halogens is 1. The Kier molecular flexibility index (Phi) is 4.31. The molecule has 0 heterocycles. The Morgan fingerprint density at radius 3 is 2.75 bits per heavy atom. The van der Waals surface area contributed by atoms with Crippen LogP contribution in [0.4, 0.5) is 5.69 Å². The van der Waals surface area contributed by atoms with Crippen LogP contribution in [0.5, 0.6) is 0 Å². The second-order valence-electron chi connectivity index (χ2n) is 3.27. The molecule has 16 heavy (non-hydrogen) atoms. The molecule has 0 atom stereocenters.